The maximum Gasteiger partial charge on any atom is 0.221 e. The number of hydrogen-bond donors (Lipinski definition) is 4. The van der Waals surface area contributed by atoms with Crippen molar-refractivity contribution in [2.24, 2.45) is 0 Å². The van der Waals surface area contributed by atoms with Gasteiger partial charge in [0.15, 0.2) is 11.5 Å². The summed E-state index contributed by atoms with van der Waals surface area (Å²) >= 11 is 0. The quantitative estimate of drug-likeness (QED) is 0.477. The molecule has 21 heavy (non-hydrogen) atoms. The van der Waals surface area contributed by atoms with Gasteiger partial charge >= 0.3 is 0 Å². The molecule has 106 valence electrons. The van der Waals surface area contributed by atoms with Crippen molar-refractivity contribution in [3.8, 4) is 29.1 Å². The third kappa shape index (κ3) is 3.67. The second kappa shape index (κ2) is 5.88. The monoisotopic (exact) mass is 283 g/mol. The molecule has 0 atom stereocenters. The first-order valence-electron chi connectivity index (χ1n) is 6.10. The number of aromatic hydroxyl groups is 3. The molecule has 5 nitrogen and oxygen atoms in total. The van der Waals surface area contributed by atoms with Gasteiger partial charge in [0.1, 0.15) is 5.75 Å². The Hall–Kier alpha value is -3.13. The molecule has 0 aromatic heterocycles. The predicted octanol–water partition coefficient (Wildman–Crippen LogP) is 2.16. The Morgan fingerprint density at radius 3 is 2.05 bits per heavy atom. The van der Waals surface area contributed by atoms with Crippen molar-refractivity contribution in [2.45, 2.75) is 6.92 Å². The third-order valence-corrected chi connectivity index (χ3v) is 2.63. The van der Waals surface area contributed by atoms with Gasteiger partial charge in [-0.05, 0) is 36.4 Å². The zero-order valence-electron chi connectivity index (χ0n) is 11.2. The van der Waals surface area contributed by atoms with E-state index >= 15 is 0 Å². The highest BCUT2D eigenvalue weighted by atomic mass is 16.3. The van der Waals surface area contributed by atoms with Gasteiger partial charge in [0.25, 0.3) is 0 Å². The van der Waals surface area contributed by atoms with Crippen molar-refractivity contribution in [2.75, 3.05) is 5.32 Å². The highest BCUT2D eigenvalue weighted by Gasteiger charge is 2.03. The number of nitrogens with one attached hydrogen (secondary N) is 1. The van der Waals surface area contributed by atoms with E-state index in [4.69, 9.17) is 0 Å². The summed E-state index contributed by atoms with van der Waals surface area (Å²) in [5.74, 6) is 4.87. The van der Waals surface area contributed by atoms with E-state index in [0.717, 1.165) is 0 Å². The van der Waals surface area contributed by atoms with Gasteiger partial charge in [0.2, 0.25) is 5.91 Å². The Labute approximate surface area is 121 Å². The topological polar surface area (TPSA) is 89.8 Å². The van der Waals surface area contributed by atoms with Gasteiger partial charge in [0.05, 0.1) is 5.69 Å². The molecule has 2 aromatic carbocycles. The minimum atomic E-state index is -0.293. The van der Waals surface area contributed by atoms with Crippen LogP contribution in [-0.2, 0) is 4.79 Å². The van der Waals surface area contributed by atoms with E-state index in [9.17, 15) is 20.1 Å². The second-order valence-corrected chi connectivity index (χ2v) is 4.37. The Bertz CT molecular complexity index is 757. The van der Waals surface area contributed by atoms with E-state index < -0.39 is 0 Å². The Morgan fingerprint density at radius 1 is 0.905 bits per heavy atom. The molecule has 0 aliphatic rings. The lowest BCUT2D eigenvalue weighted by Gasteiger charge is -2.05. The first-order valence-corrected chi connectivity index (χ1v) is 6.10. The minimum absolute atomic E-state index is 0.0435. The Morgan fingerprint density at radius 2 is 1.48 bits per heavy atom. The summed E-state index contributed by atoms with van der Waals surface area (Å²) in [6.07, 6.45) is 0. The van der Waals surface area contributed by atoms with Gasteiger partial charge in [-0.3, -0.25) is 4.79 Å². The molecule has 2 aromatic rings. The zero-order valence-corrected chi connectivity index (χ0v) is 11.2. The van der Waals surface area contributed by atoms with Crippen LogP contribution in [0.25, 0.3) is 0 Å². The average Bonchev–Trinajstić information content (AvgIpc) is 2.43. The molecule has 0 unspecified atom stereocenters. The summed E-state index contributed by atoms with van der Waals surface area (Å²) in [5, 5.41) is 30.7. The van der Waals surface area contributed by atoms with Crippen molar-refractivity contribution in [3.05, 3.63) is 47.5 Å². The largest absolute Gasteiger partial charge is 0.506 e. The number of hydrogen-bond acceptors (Lipinski definition) is 4. The van der Waals surface area contributed by atoms with E-state index in [1.807, 2.05) is 0 Å². The lowest BCUT2D eigenvalue weighted by Crippen LogP contribution is -2.05. The van der Waals surface area contributed by atoms with Crippen LogP contribution in [0.2, 0.25) is 0 Å². The molecule has 0 heterocycles. The van der Waals surface area contributed by atoms with Crippen LogP contribution in [0.1, 0.15) is 18.1 Å². The van der Waals surface area contributed by atoms with E-state index in [-0.39, 0.29) is 28.8 Å². The molecule has 0 radical (unpaired) electrons. The molecule has 0 bridgehead atoms. The minimum Gasteiger partial charge on any atom is -0.506 e. The normalized spacial score (nSPS) is 9.57. The second-order valence-electron chi connectivity index (χ2n) is 4.37. The van der Waals surface area contributed by atoms with Gasteiger partial charge in [-0.25, -0.2) is 0 Å². The van der Waals surface area contributed by atoms with Crippen LogP contribution in [-0.4, -0.2) is 21.2 Å². The first kappa shape index (κ1) is 14.3. The molecular formula is C16H13NO4. The summed E-state index contributed by atoms with van der Waals surface area (Å²) in [6, 6.07) is 8.84. The van der Waals surface area contributed by atoms with Crippen LogP contribution in [0, 0.1) is 11.8 Å². The average molecular weight is 283 g/mol. The maximum atomic E-state index is 11.0. The molecule has 0 aliphatic heterocycles. The fourth-order valence-electron chi connectivity index (χ4n) is 1.65. The molecule has 0 aliphatic carbocycles. The van der Waals surface area contributed by atoms with E-state index in [2.05, 4.69) is 17.2 Å². The van der Waals surface area contributed by atoms with E-state index in [1.165, 1.54) is 25.1 Å². The summed E-state index contributed by atoms with van der Waals surface area (Å²) in [5.41, 5.74) is 1.39. The standard InChI is InChI=1S/C16H13NO4/c1-10(18)17-13-8-11(4-6-14(13)19)2-3-12-5-7-15(20)16(21)9-12/h4-9,19-21H,1H3,(H,17,18). The van der Waals surface area contributed by atoms with Crippen LogP contribution in [0.3, 0.4) is 0 Å². The van der Waals surface area contributed by atoms with Crippen molar-refractivity contribution in [1.82, 2.24) is 0 Å². The lowest BCUT2D eigenvalue weighted by atomic mass is 10.1. The van der Waals surface area contributed by atoms with Gasteiger partial charge < -0.3 is 20.6 Å². The summed E-state index contributed by atoms with van der Waals surface area (Å²) in [4.78, 5) is 11.0. The van der Waals surface area contributed by atoms with Crippen LogP contribution in [0.4, 0.5) is 5.69 Å². The number of benzene rings is 2. The summed E-state index contributed by atoms with van der Waals surface area (Å²) in [7, 11) is 0. The number of anilines is 1. The third-order valence-electron chi connectivity index (χ3n) is 2.63. The molecule has 1 amide bonds. The van der Waals surface area contributed by atoms with Crippen molar-refractivity contribution in [1.29, 1.82) is 0 Å². The molecule has 2 rings (SSSR count). The van der Waals surface area contributed by atoms with E-state index in [0.29, 0.717) is 11.1 Å². The van der Waals surface area contributed by atoms with Crippen molar-refractivity contribution < 1.29 is 20.1 Å². The van der Waals surface area contributed by atoms with Crippen LogP contribution in [0.5, 0.6) is 17.2 Å². The number of amides is 1. The maximum absolute atomic E-state index is 11.0. The zero-order chi connectivity index (χ0) is 15.4. The molecule has 4 N–H and O–H groups in total. The number of phenolic OH excluding ortho intramolecular Hbond substituents is 3. The predicted molar refractivity (Wildman–Crippen MR) is 78.2 cm³/mol. The molecule has 0 spiro atoms. The molecule has 0 saturated heterocycles. The molecule has 0 fully saturated rings. The molecule has 0 saturated carbocycles. The lowest BCUT2D eigenvalue weighted by molar-refractivity contribution is -0.114. The van der Waals surface area contributed by atoms with E-state index in [1.54, 1.807) is 18.2 Å². The fraction of sp³-hybridized carbons (Fsp3) is 0.0625. The van der Waals surface area contributed by atoms with Crippen LogP contribution < -0.4 is 5.32 Å². The van der Waals surface area contributed by atoms with Crippen molar-refractivity contribution >= 4 is 11.6 Å². The molecule has 5 heteroatoms. The highest BCUT2D eigenvalue weighted by Crippen LogP contribution is 2.25. The van der Waals surface area contributed by atoms with Gasteiger partial charge in [-0.2, -0.15) is 0 Å². The van der Waals surface area contributed by atoms with Crippen LogP contribution >= 0.6 is 0 Å². The smallest absolute Gasteiger partial charge is 0.221 e. The van der Waals surface area contributed by atoms with Gasteiger partial charge in [-0.1, -0.05) is 11.8 Å². The number of rotatable bonds is 1. The first-order chi connectivity index (χ1) is 9.95. The highest BCUT2D eigenvalue weighted by molar-refractivity contribution is 5.90. The molecular weight excluding hydrogens is 270 g/mol. The summed E-state index contributed by atoms with van der Waals surface area (Å²) < 4.78 is 0. The number of carbonyl (C=O) groups excluding carboxylic acids is 1. The Kier molecular flexibility index (Phi) is 4.00. The number of phenols is 3. The van der Waals surface area contributed by atoms with Gasteiger partial charge in [-0.15, -0.1) is 0 Å². The summed E-state index contributed by atoms with van der Waals surface area (Å²) in [6.45, 7) is 1.34. The van der Waals surface area contributed by atoms with Crippen LogP contribution in [0.15, 0.2) is 36.4 Å². The fourth-order valence-corrected chi connectivity index (χ4v) is 1.65. The Balaban J connectivity index is 2.29. The SMILES string of the molecule is CC(=O)Nc1cc(C#Cc2ccc(O)c(O)c2)ccc1O. The van der Waals surface area contributed by atoms with Gasteiger partial charge in [0, 0.05) is 18.1 Å². The van der Waals surface area contributed by atoms with Crippen molar-refractivity contribution in [3.63, 3.8) is 0 Å². The number of carbonyl (C=O) groups is 1.